The van der Waals surface area contributed by atoms with Gasteiger partial charge in [0.15, 0.2) is 0 Å². The number of anilines is 2. The lowest BCUT2D eigenvalue weighted by molar-refractivity contribution is -0.115. The van der Waals surface area contributed by atoms with E-state index in [9.17, 15) is 13.2 Å². The minimum atomic E-state index is -3.86. The van der Waals surface area contributed by atoms with Crippen molar-refractivity contribution in [3.8, 4) is 6.07 Å². The third-order valence-electron chi connectivity index (χ3n) is 3.30. The van der Waals surface area contributed by atoms with Gasteiger partial charge in [-0.3, -0.25) is 9.10 Å². The number of sulfonamides is 1. The summed E-state index contributed by atoms with van der Waals surface area (Å²) >= 11 is 0. The molecule has 0 saturated heterocycles. The number of hydrogen-bond donors (Lipinski definition) is 1. The molecule has 0 radical (unpaired) electrons. The van der Waals surface area contributed by atoms with Crippen molar-refractivity contribution in [2.45, 2.75) is 18.2 Å². The first-order valence-corrected chi connectivity index (χ1v) is 8.78. The van der Waals surface area contributed by atoms with Crippen LogP contribution in [0.3, 0.4) is 0 Å². The Morgan fingerprint density at radius 2 is 1.75 bits per heavy atom. The Hall–Kier alpha value is -2.85. The van der Waals surface area contributed by atoms with Crippen LogP contribution < -0.4 is 9.62 Å². The largest absolute Gasteiger partial charge is 0.324 e. The minimum absolute atomic E-state index is 0.0120. The van der Waals surface area contributed by atoms with E-state index in [4.69, 9.17) is 5.26 Å². The molecular weight excluding hydrogens is 326 g/mol. The lowest BCUT2D eigenvalue weighted by Gasteiger charge is -2.24. The molecule has 24 heavy (non-hydrogen) atoms. The van der Waals surface area contributed by atoms with E-state index in [1.165, 1.54) is 16.4 Å². The molecular formula is C17H17N3O3S. The van der Waals surface area contributed by atoms with Crippen LogP contribution in [0.15, 0.2) is 59.5 Å². The van der Waals surface area contributed by atoms with E-state index in [1.807, 2.05) is 0 Å². The van der Waals surface area contributed by atoms with Gasteiger partial charge in [-0.2, -0.15) is 5.26 Å². The van der Waals surface area contributed by atoms with Gasteiger partial charge < -0.3 is 5.32 Å². The summed E-state index contributed by atoms with van der Waals surface area (Å²) in [6.07, 6.45) is -0.343. The van der Waals surface area contributed by atoms with Crippen molar-refractivity contribution >= 4 is 27.3 Å². The standard InChI is InChI=1S/C17H17N3O3S/c1-2-20(14-8-4-3-5-9-14)24(22,23)16-11-7-6-10-15(16)19-17(21)12-13-18/h3-11H,2,12H2,1H3,(H,19,21). The first-order chi connectivity index (χ1) is 11.5. The molecule has 0 atom stereocenters. The number of carbonyl (C=O) groups excluding carboxylic acids is 1. The quantitative estimate of drug-likeness (QED) is 0.873. The molecule has 0 heterocycles. The molecule has 6 nitrogen and oxygen atoms in total. The number of rotatable bonds is 6. The predicted molar refractivity (Wildman–Crippen MR) is 91.9 cm³/mol. The third-order valence-corrected chi connectivity index (χ3v) is 5.26. The zero-order chi connectivity index (χ0) is 17.6. The fourth-order valence-corrected chi connectivity index (χ4v) is 3.89. The molecule has 2 aromatic rings. The maximum Gasteiger partial charge on any atom is 0.266 e. The molecule has 0 bridgehead atoms. The highest BCUT2D eigenvalue weighted by Crippen LogP contribution is 2.28. The summed E-state index contributed by atoms with van der Waals surface area (Å²) in [4.78, 5) is 11.6. The van der Waals surface area contributed by atoms with Gasteiger partial charge in [0.05, 0.1) is 17.4 Å². The van der Waals surface area contributed by atoms with E-state index in [-0.39, 0.29) is 23.5 Å². The van der Waals surface area contributed by atoms with Crippen molar-refractivity contribution in [3.05, 3.63) is 54.6 Å². The molecule has 0 aromatic heterocycles. The van der Waals surface area contributed by atoms with Crippen LogP contribution in [-0.4, -0.2) is 20.9 Å². The van der Waals surface area contributed by atoms with Crippen LogP contribution in [0.1, 0.15) is 13.3 Å². The number of nitrogens with one attached hydrogen (secondary N) is 1. The van der Waals surface area contributed by atoms with Crippen LogP contribution in [0.25, 0.3) is 0 Å². The molecule has 0 spiro atoms. The van der Waals surface area contributed by atoms with E-state index in [0.717, 1.165) is 0 Å². The topological polar surface area (TPSA) is 90.3 Å². The normalized spacial score (nSPS) is 10.7. The van der Waals surface area contributed by atoms with Gasteiger partial charge in [-0.15, -0.1) is 0 Å². The Labute approximate surface area is 141 Å². The van der Waals surface area contributed by atoms with Crippen molar-refractivity contribution < 1.29 is 13.2 Å². The highest BCUT2D eigenvalue weighted by atomic mass is 32.2. The summed E-state index contributed by atoms with van der Waals surface area (Å²) in [5.41, 5.74) is 0.699. The van der Waals surface area contributed by atoms with Crippen LogP contribution in [0, 0.1) is 11.3 Å². The fourth-order valence-electron chi connectivity index (χ4n) is 2.27. The maximum atomic E-state index is 13.0. The van der Waals surface area contributed by atoms with E-state index < -0.39 is 15.9 Å². The number of amides is 1. The fraction of sp³-hybridized carbons (Fsp3) is 0.176. The highest BCUT2D eigenvalue weighted by Gasteiger charge is 2.26. The summed E-state index contributed by atoms with van der Waals surface area (Å²) in [5, 5.41) is 11.1. The number of nitrogens with zero attached hydrogens (tertiary/aromatic N) is 2. The second kappa shape index (κ2) is 7.62. The van der Waals surface area contributed by atoms with Gasteiger partial charge in [0.2, 0.25) is 5.91 Å². The predicted octanol–water partition coefficient (Wildman–Crippen LogP) is 2.75. The first-order valence-electron chi connectivity index (χ1n) is 7.34. The van der Waals surface area contributed by atoms with E-state index in [1.54, 1.807) is 55.5 Å². The maximum absolute atomic E-state index is 13.0. The van der Waals surface area contributed by atoms with Gasteiger partial charge in [-0.25, -0.2) is 8.42 Å². The van der Waals surface area contributed by atoms with Crippen LogP contribution >= 0.6 is 0 Å². The van der Waals surface area contributed by atoms with Gasteiger partial charge in [0.25, 0.3) is 10.0 Å². The number of carbonyl (C=O) groups is 1. The van der Waals surface area contributed by atoms with Gasteiger partial charge in [0, 0.05) is 6.54 Å². The Kier molecular flexibility index (Phi) is 5.55. The second-order valence-electron chi connectivity index (χ2n) is 4.88. The molecule has 0 aliphatic carbocycles. The lowest BCUT2D eigenvalue weighted by atomic mass is 10.3. The Morgan fingerprint density at radius 3 is 2.38 bits per heavy atom. The highest BCUT2D eigenvalue weighted by molar-refractivity contribution is 7.93. The molecule has 0 saturated carbocycles. The summed E-state index contributed by atoms with van der Waals surface area (Å²) in [6.45, 7) is 1.98. The SMILES string of the molecule is CCN(c1ccccc1)S(=O)(=O)c1ccccc1NC(=O)CC#N. The van der Waals surface area contributed by atoms with E-state index >= 15 is 0 Å². The van der Waals surface area contributed by atoms with Crippen molar-refractivity contribution in [1.29, 1.82) is 5.26 Å². The average Bonchev–Trinajstić information content (AvgIpc) is 2.57. The van der Waals surface area contributed by atoms with Crippen LogP contribution in [0.2, 0.25) is 0 Å². The van der Waals surface area contributed by atoms with Crippen LogP contribution in [0.4, 0.5) is 11.4 Å². The summed E-state index contributed by atoms with van der Waals surface area (Å²) < 4.78 is 27.3. The number of para-hydroxylation sites is 2. The molecule has 124 valence electrons. The Morgan fingerprint density at radius 1 is 1.12 bits per heavy atom. The molecule has 1 N–H and O–H groups in total. The number of benzene rings is 2. The van der Waals surface area contributed by atoms with Gasteiger partial charge >= 0.3 is 0 Å². The molecule has 0 fully saturated rings. The minimum Gasteiger partial charge on any atom is -0.324 e. The van der Waals surface area contributed by atoms with Crippen molar-refractivity contribution in [1.82, 2.24) is 0 Å². The monoisotopic (exact) mass is 343 g/mol. The van der Waals surface area contributed by atoms with Gasteiger partial charge in [-0.05, 0) is 31.2 Å². The van der Waals surface area contributed by atoms with Crippen LogP contribution in [0.5, 0.6) is 0 Å². The first kappa shape index (κ1) is 17.5. The number of hydrogen-bond acceptors (Lipinski definition) is 4. The summed E-state index contributed by atoms with van der Waals surface area (Å²) in [6, 6.07) is 16.6. The number of nitriles is 1. The van der Waals surface area contributed by atoms with Gasteiger partial charge in [0.1, 0.15) is 11.3 Å². The van der Waals surface area contributed by atoms with E-state index in [2.05, 4.69) is 5.32 Å². The van der Waals surface area contributed by atoms with Crippen molar-refractivity contribution in [2.24, 2.45) is 0 Å². The molecule has 1 amide bonds. The van der Waals surface area contributed by atoms with E-state index in [0.29, 0.717) is 5.69 Å². The molecule has 0 unspecified atom stereocenters. The Balaban J connectivity index is 2.46. The lowest BCUT2D eigenvalue weighted by Crippen LogP contribution is -2.31. The molecule has 7 heteroatoms. The third kappa shape index (κ3) is 3.73. The van der Waals surface area contributed by atoms with Crippen molar-refractivity contribution in [3.63, 3.8) is 0 Å². The van der Waals surface area contributed by atoms with Crippen LogP contribution in [-0.2, 0) is 14.8 Å². The molecule has 2 rings (SSSR count). The summed E-state index contributed by atoms with van der Waals surface area (Å²) in [7, 11) is -3.86. The summed E-state index contributed by atoms with van der Waals surface area (Å²) in [5.74, 6) is -0.553. The van der Waals surface area contributed by atoms with Gasteiger partial charge in [-0.1, -0.05) is 30.3 Å². The molecule has 0 aliphatic heterocycles. The molecule has 2 aromatic carbocycles. The molecule has 0 aliphatic rings. The zero-order valence-corrected chi connectivity index (χ0v) is 14.0. The second-order valence-corrected chi connectivity index (χ2v) is 6.72. The van der Waals surface area contributed by atoms with Crippen molar-refractivity contribution in [2.75, 3.05) is 16.2 Å². The Bertz CT molecular complexity index is 858. The zero-order valence-electron chi connectivity index (χ0n) is 13.1. The smallest absolute Gasteiger partial charge is 0.266 e. The average molecular weight is 343 g/mol.